The molecule has 1 saturated heterocycles. The van der Waals surface area contributed by atoms with Gasteiger partial charge in [0.25, 0.3) is 10.1 Å². The minimum atomic E-state index is -3.40. The van der Waals surface area contributed by atoms with Crippen molar-refractivity contribution in [3.8, 4) is 0 Å². The smallest absolute Gasteiger partial charge is 0.407 e. The van der Waals surface area contributed by atoms with Crippen LogP contribution < -0.4 is 0 Å². The molecule has 1 atom stereocenters. The topological polar surface area (TPSA) is 83.9 Å². The first-order valence-electron chi connectivity index (χ1n) is 5.47. The predicted octanol–water partition coefficient (Wildman–Crippen LogP) is 1.13. The van der Waals surface area contributed by atoms with Gasteiger partial charge < -0.3 is 10.0 Å². The lowest BCUT2D eigenvalue weighted by Crippen LogP contribution is -2.41. The molecule has 1 unspecified atom stereocenters. The van der Waals surface area contributed by atoms with Crippen molar-refractivity contribution in [2.75, 3.05) is 19.4 Å². The van der Waals surface area contributed by atoms with Crippen molar-refractivity contribution in [2.45, 2.75) is 32.2 Å². The van der Waals surface area contributed by atoms with E-state index in [0.29, 0.717) is 13.0 Å². The summed E-state index contributed by atoms with van der Waals surface area (Å²) < 4.78 is 26.2. The number of amides is 1. The van der Waals surface area contributed by atoms with E-state index in [-0.39, 0.29) is 18.1 Å². The summed E-state index contributed by atoms with van der Waals surface area (Å²) in [7, 11) is -3.40. The zero-order valence-electron chi connectivity index (χ0n) is 10.3. The molecule has 1 heterocycles. The number of hydrogen-bond acceptors (Lipinski definition) is 4. The fourth-order valence-electron chi connectivity index (χ4n) is 2.28. The van der Waals surface area contributed by atoms with Crippen molar-refractivity contribution in [1.29, 1.82) is 0 Å². The molecule has 17 heavy (non-hydrogen) atoms. The minimum Gasteiger partial charge on any atom is -0.465 e. The first kappa shape index (κ1) is 14.2. The number of carbonyl (C=O) groups is 1. The van der Waals surface area contributed by atoms with Crippen molar-refractivity contribution >= 4 is 16.2 Å². The number of hydrogen-bond donors (Lipinski definition) is 1. The van der Waals surface area contributed by atoms with Gasteiger partial charge in [0.1, 0.15) is 0 Å². The van der Waals surface area contributed by atoms with E-state index < -0.39 is 16.2 Å². The maximum absolute atomic E-state index is 11.0. The van der Waals surface area contributed by atoms with Gasteiger partial charge in [-0.1, -0.05) is 0 Å². The van der Waals surface area contributed by atoms with E-state index in [1.165, 1.54) is 4.90 Å². The first-order chi connectivity index (χ1) is 7.62. The average Bonchev–Trinajstić information content (AvgIpc) is 2.38. The van der Waals surface area contributed by atoms with Crippen molar-refractivity contribution in [1.82, 2.24) is 4.90 Å². The van der Waals surface area contributed by atoms with Crippen LogP contribution in [0, 0.1) is 5.92 Å². The van der Waals surface area contributed by atoms with E-state index in [0.717, 1.165) is 12.7 Å². The number of rotatable bonds is 4. The second-order valence-electron chi connectivity index (χ2n) is 5.09. The van der Waals surface area contributed by atoms with Crippen molar-refractivity contribution < 1.29 is 22.5 Å². The van der Waals surface area contributed by atoms with Gasteiger partial charge in [-0.25, -0.2) is 4.79 Å². The Hall–Kier alpha value is -0.820. The molecule has 0 bridgehead atoms. The molecule has 0 aromatic carbocycles. The maximum Gasteiger partial charge on any atom is 0.407 e. The highest BCUT2D eigenvalue weighted by molar-refractivity contribution is 7.85. The van der Waals surface area contributed by atoms with Crippen LogP contribution in [-0.4, -0.2) is 49.5 Å². The van der Waals surface area contributed by atoms with Crippen LogP contribution in [0.15, 0.2) is 0 Å². The van der Waals surface area contributed by atoms with Crippen LogP contribution >= 0.6 is 0 Å². The summed E-state index contributed by atoms with van der Waals surface area (Å²) in [4.78, 5) is 12.4. The van der Waals surface area contributed by atoms with Gasteiger partial charge in [-0.3, -0.25) is 4.18 Å². The molecule has 0 radical (unpaired) electrons. The van der Waals surface area contributed by atoms with Gasteiger partial charge in [0.05, 0.1) is 12.9 Å². The van der Waals surface area contributed by atoms with Crippen molar-refractivity contribution in [3.63, 3.8) is 0 Å². The Morgan fingerprint density at radius 2 is 2.12 bits per heavy atom. The Balaban J connectivity index is 2.47. The van der Waals surface area contributed by atoms with Gasteiger partial charge in [-0.15, -0.1) is 0 Å². The van der Waals surface area contributed by atoms with Crippen molar-refractivity contribution in [3.05, 3.63) is 0 Å². The Morgan fingerprint density at radius 3 is 2.53 bits per heavy atom. The highest BCUT2D eigenvalue weighted by Crippen LogP contribution is 2.34. The van der Waals surface area contributed by atoms with E-state index in [9.17, 15) is 13.2 Å². The molecule has 6 nitrogen and oxygen atoms in total. The molecule has 1 aliphatic rings. The highest BCUT2D eigenvalue weighted by atomic mass is 32.2. The summed E-state index contributed by atoms with van der Waals surface area (Å²) in [5, 5.41) is 9.02. The fraction of sp³-hybridized carbons (Fsp3) is 0.900. The minimum absolute atomic E-state index is 0.118. The number of likely N-dealkylation sites (tertiary alicyclic amines) is 1. The average molecular weight is 265 g/mol. The van der Waals surface area contributed by atoms with Gasteiger partial charge in [0.15, 0.2) is 0 Å². The second kappa shape index (κ2) is 4.81. The van der Waals surface area contributed by atoms with Crippen LogP contribution in [0.25, 0.3) is 0 Å². The third-order valence-electron chi connectivity index (χ3n) is 3.01. The number of nitrogens with zero attached hydrogens (tertiary/aromatic N) is 1. The largest absolute Gasteiger partial charge is 0.465 e. The first-order valence-corrected chi connectivity index (χ1v) is 7.28. The van der Waals surface area contributed by atoms with Crippen LogP contribution in [0.5, 0.6) is 0 Å². The van der Waals surface area contributed by atoms with E-state index in [1.807, 2.05) is 13.8 Å². The highest BCUT2D eigenvalue weighted by Gasteiger charge is 2.40. The molecule has 1 amide bonds. The molecule has 1 aliphatic heterocycles. The van der Waals surface area contributed by atoms with Crippen LogP contribution in [0.2, 0.25) is 0 Å². The summed E-state index contributed by atoms with van der Waals surface area (Å²) in [5.41, 5.74) is -0.387. The van der Waals surface area contributed by atoms with E-state index >= 15 is 0 Å². The monoisotopic (exact) mass is 265 g/mol. The third-order valence-corrected chi connectivity index (χ3v) is 3.61. The molecule has 0 saturated carbocycles. The molecule has 1 rings (SSSR count). The third kappa shape index (κ3) is 4.16. The molecule has 0 spiro atoms. The molecule has 1 fully saturated rings. The second-order valence-corrected chi connectivity index (χ2v) is 6.73. The standard InChI is InChI=1S/C10H19NO5S/c1-10(2)6-8(7-11(10)9(12)13)4-5-16-17(3,14)15/h8H,4-7H2,1-3H3,(H,12,13). The summed E-state index contributed by atoms with van der Waals surface area (Å²) in [6.07, 6.45) is 1.36. The molecule has 0 aromatic heterocycles. The van der Waals surface area contributed by atoms with Crippen LogP contribution in [0.4, 0.5) is 4.79 Å². The van der Waals surface area contributed by atoms with Crippen LogP contribution in [-0.2, 0) is 14.3 Å². The molecule has 7 heteroatoms. The van der Waals surface area contributed by atoms with E-state index in [4.69, 9.17) is 5.11 Å². The van der Waals surface area contributed by atoms with Crippen molar-refractivity contribution in [2.24, 2.45) is 5.92 Å². The van der Waals surface area contributed by atoms with Gasteiger partial charge >= 0.3 is 6.09 Å². The van der Waals surface area contributed by atoms with E-state index in [2.05, 4.69) is 4.18 Å². The molecule has 0 aliphatic carbocycles. The summed E-state index contributed by atoms with van der Waals surface area (Å²) >= 11 is 0. The van der Waals surface area contributed by atoms with Gasteiger partial charge in [-0.2, -0.15) is 8.42 Å². The molecular weight excluding hydrogens is 246 g/mol. The number of carboxylic acid groups (broad SMARTS) is 1. The quantitative estimate of drug-likeness (QED) is 0.770. The Labute approximate surface area is 102 Å². The molecule has 0 aromatic rings. The molecular formula is C10H19NO5S. The lowest BCUT2D eigenvalue weighted by atomic mass is 9.95. The van der Waals surface area contributed by atoms with Gasteiger partial charge in [0.2, 0.25) is 0 Å². The molecule has 1 N–H and O–H groups in total. The Kier molecular flexibility index (Phi) is 4.03. The van der Waals surface area contributed by atoms with E-state index in [1.54, 1.807) is 0 Å². The molecule has 100 valence electrons. The van der Waals surface area contributed by atoms with Crippen LogP contribution in [0.3, 0.4) is 0 Å². The van der Waals surface area contributed by atoms with Crippen LogP contribution in [0.1, 0.15) is 26.7 Å². The SMILES string of the molecule is CC1(C)CC(CCOS(C)(=O)=O)CN1C(=O)O. The Bertz CT molecular complexity index is 390. The lowest BCUT2D eigenvalue weighted by Gasteiger charge is -2.28. The van der Waals surface area contributed by atoms with Gasteiger partial charge in [0, 0.05) is 12.1 Å². The van der Waals surface area contributed by atoms with Gasteiger partial charge in [-0.05, 0) is 32.6 Å². The Morgan fingerprint density at radius 1 is 1.53 bits per heavy atom. The fourth-order valence-corrected chi connectivity index (χ4v) is 2.68. The zero-order chi connectivity index (χ0) is 13.3. The maximum atomic E-state index is 11.0. The summed E-state index contributed by atoms with van der Waals surface area (Å²) in [6.45, 7) is 4.31. The summed E-state index contributed by atoms with van der Waals surface area (Å²) in [5.74, 6) is 0.155. The normalized spacial score (nSPS) is 23.9. The summed E-state index contributed by atoms with van der Waals surface area (Å²) in [6, 6.07) is 0. The zero-order valence-corrected chi connectivity index (χ0v) is 11.2. The predicted molar refractivity (Wildman–Crippen MR) is 62.3 cm³/mol. The lowest BCUT2D eigenvalue weighted by molar-refractivity contribution is 0.116.